The first-order valence-electron chi connectivity index (χ1n) is 8.21. The average molecular weight is 440 g/mol. The number of rotatable bonds is 3. The van der Waals surface area contributed by atoms with Crippen LogP contribution in [0.15, 0.2) is 81.3 Å². The van der Waals surface area contributed by atoms with Gasteiger partial charge in [-0.15, -0.1) is 0 Å². The molecule has 1 aromatic heterocycles. The molecule has 0 bridgehead atoms. The minimum absolute atomic E-state index is 0.0912. The molecule has 0 spiro atoms. The quantitative estimate of drug-likeness (QED) is 0.647. The van der Waals surface area contributed by atoms with Gasteiger partial charge in [0.2, 0.25) is 5.91 Å². The van der Waals surface area contributed by atoms with Crippen molar-refractivity contribution < 1.29 is 9.59 Å². The van der Waals surface area contributed by atoms with Crippen LogP contribution in [0.25, 0.3) is 0 Å². The molecular weight excluding hydrogens is 426 g/mol. The monoisotopic (exact) mass is 439 g/mol. The van der Waals surface area contributed by atoms with Crippen LogP contribution in [-0.2, 0) is 4.79 Å². The van der Waals surface area contributed by atoms with Crippen molar-refractivity contribution >= 4 is 50.9 Å². The van der Waals surface area contributed by atoms with E-state index < -0.39 is 0 Å². The highest BCUT2D eigenvalue weighted by Crippen LogP contribution is 2.39. The number of para-hydroxylation sites is 2. The Labute approximate surface area is 168 Å². The lowest BCUT2D eigenvalue weighted by Crippen LogP contribution is -2.38. The number of pyridine rings is 1. The number of benzene rings is 2. The first-order chi connectivity index (χ1) is 13.1. The van der Waals surface area contributed by atoms with Gasteiger partial charge < -0.3 is 5.32 Å². The Bertz CT molecular complexity index is 1040. The van der Waals surface area contributed by atoms with E-state index >= 15 is 0 Å². The number of fused-ring (bicyclic) bond motifs is 2. The molecule has 0 saturated carbocycles. The van der Waals surface area contributed by atoms with Crippen molar-refractivity contribution in [1.82, 2.24) is 4.98 Å². The van der Waals surface area contributed by atoms with Gasteiger partial charge >= 0.3 is 0 Å². The highest BCUT2D eigenvalue weighted by atomic mass is 79.9. The number of halogens is 1. The van der Waals surface area contributed by atoms with E-state index in [-0.39, 0.29) is 18.4 Å². The summed E-state index contributed by atoms with van der Waals surface area (Å²) in [5, 5.41) is 3.49. The van der Waals surface area contributed by atoms with E-state index in [0.717, 1.165) is 9.37 Å². The maximum absolute atomic E-state index is 13.1. The van der Waals surface area contributed by atoms with Gasteiger partial charge in [0.25, 0.3) is 5.91 Å². The second-order valence-corrected chi connectivity index (χ2v) is 7.73. The summed E-state index contributed by atoms with van der Waals surface area (Å²) in [6.45, 7) is -0.0912. The van der Waals surface area contributed by atoms with Gasteiger partial charge in [-0.05, 0) is 52.3 Å². The first kappa shape index (κ1) is 17.8. The summed E-state index contributed by atoms with van der Waals surface area (Å²) < 4.78 is 0.783. The first-order valence-corrected chi connectivity index (χ1v) is 9.82. The summed E-state index contributed by atoms with van der Waals surface area (Å²) in [4.78, 5) is 32.5. The molecule has 3 aromatic rings. The van der Waals surface area contributed by atoms with Crippen LogP contribution in [-0.4, -0.2) is 23.3 Å². The van der Waals surface area contributed by atoms with Crippen LogP contribution < -0.4 is 10.2 Å². The van der Waals surface area contributed by atoms with Crippen molar-refractivity contribution in [3.8, 4) is 0 Å². The smallest absolute Gasteiger partial charge is 0.261 e. The lowest BCUT2D eigenvalue weighted by Gasteiger charge is -2.22. The van der Waals surface area contributed by atoms with Gasteiger partial charge in [0.1, 0.15) is 11.6 Å². The van der Waals surface area contributed by atoms with Gasteiger partial charge in [0.15, 0.2) is 0 Å². The van der Waals surface area contributed by atoms with E-state index in [0.29, 0.717) is 22.0 Å². The number of hydrogen-bond donors (Lipinski definition) is 1. The van der Waals surface area contributed by atoms with Crippen molar-refractivity contribution in [2.24, 2.45) is 0 Å². The zero-order valence-corrected chi connectivity index (χ0v) is 16.5. The fraction of sp³-hybridized carbons (Fsp3) is 0.0500. The number of carbonyl (C=O) groups is 2. The molecule has 27 heavy (non-hydrogen) atoms. The molecule has 1 aliphatic rings. The lowest BCUT2D eigenvalue weighted by molar-refractivity contribution is -0.114. The Kier molecular flexibility index (Phi) is 4.96. The lowest BCUT2D eigenvalue weighted by atomic mass is 10.2. The largest absolute Gasteiger partial charge is 0.324 e. The molecule has 0 atom stereocenters. The molecule has 1 aliphatic heterocycles. The number of nitrogens with one attached hydrogen (secondary N) is 1. The summed E-state index contributed by atoms with van der Waals surface area (Å²) in [6.07, 6.45) is 1.66. The van der Waals surface area contributed by atoms with Crippen molar-refractivity contribution in [3.05, 3.63) is 76.9 Å². The molecule has 1 N–H and O–H groups in total. The van der Waals surface area contributed by atoms with Crippen LogP contribution in [0.5, 0.6) is 0 Å². The third-order valence-electron chi connectivity index (χ3n) is 4.06. The van der Waals surface area contributed by atoms with Gasteiger partial charge in [-0.2, -0.15) is 0 Å². The SMILES string of the molecule is O=C(CN1C(=O)c2cccnc2Sc2ccccc21)Nc1ccccc1Br. The molecule has 0 saturated heterocycles. The molecule has 4 rings (SSSR count). The second-order valence-electron chi connectivity index (χ2n) is 5.85. The highest BCUT2D eigenvalue weighted by molar-refractivity contribution is 9.10. The average Bonchev–Trinajstić information content (AvgIpc) is 2.79. The summed E-state index contributed by atoms with van der Waals surface area (Å²) in [7, 11) is 0. The van der Waals surface area contributed by atoms with Crippen LogP contribution in [0.1, 0.15) is 10.4 Å². The van der Waals surface area contributed by atoms with E-state index in [1.165, 1.54) is 16.7 Å². The molecule has 0 unspecified atom stereocenters. The normalized spacial score (nSPS) is 12.8. The minimum Gasteiger partial charge on any atom is -0.324 e. The third-order valence-corrected chi connectivity index (χ3v) is 5.83. The van der Waals surface area contributed by atoms with E-state index in [9.17, 15) is 9.59 Å². The van der Waals surface area contributed by atoms with Gasteiger partial charge in [0.05, 0.1) is 16.9 Å². The Morgan fingerprint density at radius 3 is 2.70 bits per heavy atom. The molecule has 5 nitrogen and oxygen atoms in total. The molecular formula is C20H14BrN3O2S. The number of amides is 2. The fourth-order valence-electron chi connectivity index (χ4n) is 2.81. The topological polar surface area (TPSA) is 62.3 Å². The van der Waals surface area contributed by atoms with Crippen molar-refractivity contribution in [3.63, 3.8) is 0 Å². The van der Waals surface area contributed by atoms with Gasteiger partial charge in [-0.3, -0.25) is 14.5 Å². The van der Waals surface area contributed by atoms with Crippen LogP contribution in [0.4, 0.5) is 11.4 Å². The van der Waals surface area contributed by atoms with Crippen molar-refractivity contribution in [1.29, 1.82) is 0 Å². The maximum atomic E-state index is 13.1. The maximum Gasteiger partial charge on any atom is 0.261 e. The number of anilines is 2. The minimum atomic E-state index is -0.276. The van der Waals surface area contributed by atoms with Crippen LogP contribution in [0.2, 0.25) is 0 Å². The Balaban J connectivity index is 1.67. The van der Waals surface area contributed by atoms with E-state index in [2.05, 4.69) is 26.2 Å². The molecule has 2 amide bonds. The summed E-state index contributed by atoms with van der Waals surface area (Å²) in [5.41, 5.74) is 1.86. The summed E-state index contributed by atoms with van der Waals surface area (Å²) in [5.74, 6) is -0.514. The number of nitrogens with zero attached hydrogens (tertiary/aromatic N) is 2. The van der Waals surface area contributed by atoms with E-state index in [1.54, 1.807) is 24.4 Å². The standard InChI is InChI=1S/C20H14BrN3O2S/c21-14-7-1-2-8-15(14)23-18(25)12-24-16-9-3-4-10-17(16)27-19-13(20(24)26)6-5-11-22-19/h1-11H,12H2,(H,23,25). The fourth-order valence-corrected chi connectivity index (χ4v) is 4.21. The molecule has 134 valence electrons. The number of carbonyl (C=O) groups excluding carboxylic acids is 2. The van der Waals surface area contributed by atoms with E-state index in [4.69, 9.17) is 0 Å². The van der Waals surface area contributed by atoms with Gasteiger partial charge in [0, 0.05) is 15.6 Å². The number of aromatic nitrogens is 1. The molecule has 2 aromatic carbocycles. The molecule has 2 heterocycles. The third kappa shape index (κ3) is 3.61. The predicted molar refractivity (Wildman–Crippen MR) is 109 cm³/mol. The van der Waals surface area contributed by atoms with Crippen molar-refractivity contribution in [2.75, 3.05) is 16.8 Å². The second kappa shape index (κ2) is 7.54. The zero-order valence-electron chi connectivity index (χ0n) is 14.1. The molecule has 0 fully saturated rings. The van der Waals surface area contributed by atoms with Crippen LogP contribution in [0, 0.1) is 0 Å². The van der Waals surface area contributed by atoms with Crippen molar-refractivity contribution in [2.45, 2.75) is 9.92 Å². The Morgan fingerprint density at radius 1 is 1.07 bits per heavy atom. The van der Waals surface area contributed by atoms with Gasteiger partial charge in [-0.25, -0.2) is 4.98 Å². The summed E-state index contributed by atoms with van der Waals surface area (Å²) in [6, 6.07) is 18.4. The predicted octanol–water partition coefficient (Wildman–Crippen LogP) is 4.59. The number of hydrogen-bond acceptors (Lipinski definition) is 4. The molecule has 7 heteroatoms. The van der Waals surface area contributed by atoms with Gasteiger partial charge in [-0.1, -0.05) is 36.0 Å². The van der Waals surface area contributed by atoms with Crippen LogP contribution >= 0.6 is 27.7 Å². The zero-order chi connectivity index (χ0) is 18.8. The Hall–Kier alpha value is -2.64. The van der Waals surface area contributed by atoms with Crippen LogP contribution in [0.3, 0.4) is 0 Å². The summed E-state index contributed by atoms with van der Waals surface area (Å²) >= 11 is 4.85. The molecule has 0 aliphatic carbocycles. The molecule has 0 radical (unpaired) electrons. The Morgan fingerprint density at radius 2 is 1.85 bits per heavy atom. The highest BCUT2D eigenvalue weighted by Gasteiger charge is 2.29. The van der Waals surface area contributed by atoms with E-state index in [1.807, 2.05) is 42.5 Å².